The van der Waals surface area contributed by atoms with E-state index in [1.807, 2.05) is 36.4 Å². The summed E-state index contributed by atoms with van der Waals surface area (Å²) in [6, 6.07) is 16.2. The second-order valence-electron chi connectivity index (χ2n) is 7.04. The fourth-order valence-corrected chi connectivity index (χ4v) is 3.52. The van der Waals surface area contributed by atoms with E-state index in [0.717, 1.165) is 47.3 Å². The molecule has 0 amide bonds. The first-order valence-electron chi connectivity index (χ1n) is 9.25. The topological polar surface area (TPSA) is 26.3 Å². The van der Waals surface area contributed by atoms with E-state index in [1.54, 1.807) is 7.11 Å². The summed E-state index contributed by atoms with van der Waals surface area (Å²) in [5.74, 6) is 1.50. The highest BCUT2D eigenvalue weighted by molar-refractivity contribution is 6.14. The molecule has 0 spiro atoms. The summed E-state index contributed by atoms with van der Waals surface area (Å²) in [6.07, 6.45) is 6.87. The summed E-state index contributed by atoms with van der Waals surface area (Å²) in [7, 11) is 1.66. The molecule has 0 aliphatic heterocycles. The summed E-state index contributed by atoms with van der Waals surface area (Å²) in [4.78, 5) is 13.1. The van der Waals surface area contributed by atoms with Gasteiger partial charge in [-0.1, -0.05) is 55.3 Å². The maximum Gasteiger partial charge on any atom is 0.185 e. The number of benzene rings is 2. The number of aryl methyl sites for hydroxylation is 1. The van der Waals surface area contributed by atoms with Crippen LogP contribution in [0.2, 0.25) is 0 Å². The second-order valence-corrected chi connectivity index (χ2v) is 7.04. The Morgan fingerprint density at radius 1 is 1.00 bits per heavy atom. The van der Waals surface area contributed by atoms with Gasteiger partial charge in [-0.15, -0.1) is 0 Å². The highest BCUT2D eigenvalue weighted by Gasteiger charge is 2.26. The lowest BCUT2D eigenvalue weighted by atomic mass is 9.78. The lowest BCUT2D eigenvalue weighted by Gasteiger charge is -2.25. The maximum atomic E-state index is 13.1. The van der Waals surface area contributed by atoms with Crippen molar-refractivity contribution < 1.29 is 9.53 Å². The van der Waals surface area contributed by atoms with Gasteiger partial charge in [0.15, 0.2) is 5.78 Å². The number of rotatable bonds is 4. The summed E-state index contributed by atoms with van der Waals surface area (Å²) in [5.41, 5.74) is 5.14. The molecule has 1 atom stereocenters. The Bertz CT molecular complexity index is 858. The van der Waals surface area contributed by atoms with E-state index in [9.17, 15) is 4.79 Å². The third-order valence-corrected chi connectivity index (χ3v) is 5.00. The Hall–Kier alpha value is -2.61. The number of hydrogen-bond donors (Lipinski definition) is 0. The first-order valence-corrected chi connectivity index (χ1v) is 9.25. The summed E-state index contributed by atoms with van der Waals surface area (Å²) < 4.78 is 5.30. The van der Waals surface area contributed by atoms with E-state index in [1.165, 1.54) is 5.56 Å². The van der Waals surface area contributed by atoms with E-state index >= 15 is 0 Å². The normalized spacial score (nSPS) is 20.6. The van der Waals surface area contributed by atoms with Crippen LogP contribution in [0.3, 0.4) is 0 Å². The Kier molecular flexibility index (Phi) is 5.72. The summed E-state index contributed by atoms with van der Waals surface area (Å²) in [6.45, 7) is 4.28. The molecular formula is C24H26O2. The van der Waals surface area contributed by atoms with Crippen molar-refractivity contribution in [3.63, 3.8) is 0 Å². The number of ketones is 1. The highest BCUT2D eigenvalue weighted by Crippen LogP contribution is 2.34. The molecule has 3 rings (SSSR count). The van der Waals surface area contributed by atoms with Crippen LogP contribution in [0, 0.1) is 12.8 Å². The molecule has 0 heterocycles. The van der Waals surface area contributed by atoms with Crippen LogP contribution in [0.15, 0.2) is 59.7 Å². The summed E-state index contributed by atoms with van der Waals surface area (Å²) >= 11 is 0. The minimum Gasteiger partial charge on any atom is -0.497 e. The van der Waals surface area contributed by atoms with Gasteiger partial charge in [0, 0.05) is 11.1 Å². The van der Waals surface area contributed by atoms with Crippen LogP contribution >= 0.6 is 0 Å². The van der Waals surface area contributed by atoms with Crippen LogP contribution in [0.4, 0.5) is 0 Å². The Morgan fingerprint density at radius 2 is 1.62 bits per heavy atom. The molecule has 0 saturated heterocycles. The van der Waals surface area contributed by atoms with E-state index in [0.29, 0.717) is 5.92 Å². The van der Waals surface area contributed by atoms with Crippen molar-refractivity contribution >= 4 is 17.9 Å². The number of Topliss-reactive ketones (excluding diaryl/α,β-unsaturated/α-hetero) is 1. The number of carbonyl (C=O) groups excluding carboxylic acids is 1. The van der Waals surface area contributed by atoms with Gasteiger partial charge in [-0.3, -0.25) is 4.79 Å². The lowest BCUT2D eigenvalue weighted by Crippen LogP contribution is -2.19. The Balaban J connectivity index is 1.95. The number of hydrogen-bond acceptors (Lipinski definition) is 2. The molecule has 0 bridgehead atoms. The van der Waals surface area contributed by atoms with Crippen LogP contribution in [-0.4, -0.2) is 12.9 Å². The number of allylic oxidation sites excluding steroid dienone is 2. The van der Waals surface area contributed by atoms with Gasteiger partial charge in [-0.25, -0.2) is 0 Å². The molecule has 2 aromatic rings. The molecule has 1 fully saturated rings. The van der Waals surface area contributed by atoms with Gasteiger partial charge in [0.2, 0.25) is 0 Å². The second kappa shape index (κ2) is 8.18. The summed E-state index contributed by atoms with van der Waals surface area (Å²) in [5, 5.41) is 0. The molecule has 1 unspecified atom stereocenters. The minimum atomic E-state index is 0.180. The largest absolute Gasteiger partial charge is 0.497 e. The molecule has 134 valence electrons. The van der Waals surface area contributed by atoms with Crippen LogP contribution in [0.25, 0.3) is 12.2 Å². The number of methoxy groups -OCH3 is 1. The van der Waals surface area contributed by atoms with Crippen molar-refractivity contribution in [3.8, 4) is 5.75 Å². The number of ether oxygens (including phenoxy) is 1. The molecule has 0 radical (unpaired) electrons. The van der Waals surface area contributed by atoms with Crippen molar-refractivity contribution in [1.82, 2.24) is 0 Å². The molecule has 2 nitrogen and oxygen atoms in total. The van der Waals surface area contributed by atoms with Crippen molar-refractivity contribution in [2.45, 2.75) is 33.1 Å². The fourth-order valence-electron chi connectivity index (χ4n) is 3.52. The third-order valence-electron chi connectivity index (χ3n) is 5.00. The average Bonchev–Trinajstić information content (AvgIpc) is 2.65. The van der Waals surface area contributed by atoms with Crippen LogP contribution in [0.5, 0.6) is 5.75 Å². The standard InChI is InChI=1S/C24H26O2/c1-4-18-12-21(14-19-8-5-7-17(2)11-19)24(25)22(13-18)15-20-9-6-10-23(16-20)26-3/h5-11,14-16,18H,4,12-13H2,1-3H3/b21-14+,22-15+. The fraction of sp³-hybridized carbons (Fsp3) is 0.292. The van der Waals surface area contributed by atoms with Gasteiger partial charge in [-0.2, -0.15) is 0 Å². The third kappa shape index (κ3) is 4.32. The first kappa shape index (κ1) is 18.2. The monoisotopic (exact) mass is 346 g/mol. The molecule has 2 heteroatoms. The predicted octanol–water partition coefficient (Wildman–Crippen LogP) is 5.86. The molecular weight excluding hydrogens is 320 g/mol. The van der Waals surface area contributed by atoms with E-state index in [-0.39, 0.29) is 5.78 Å². The minimum absolute atomic E-state index is 0.180. The predicted molar refractivity (Wildman–Crippen MR) is 108 cm³/mol. The SMILES string of the molecule is CCC1C/C(=C\c2cccc(C)c2)C(=O)/C(=C/c2cccc(OC)c2)C1. The Morgan fingerprint density at radius 3 is 2.19 bits per heavy atom. The van der Waals surface area contributed by atoms with Crippen LogP contribution in [-0.2, 0) is 4.79 Å². The quantitative estimate of drug-likeness (QED) is 0.648. The molecule has 26 heavy (non-hydrogen) atoms. The van der Waals surface area contributed by atoms with Crippen molar-refractivity contribution in [2.24, 2.45) is 5.92 Å². The van der Waals surface area contributed by atoms with Gasteiger partial charge in [0.1, 0.15) is 5.75 Å². The maximum absolute atomic E-state index is 13.1. The van der Waals surface area contributed by atoms with Gasteiger partial charge in [-0.05, 0) is 61.1 Å². The molecule has 1 saturated carbocycles. The van der Waals surface area contributed by atoms with Gasteiger partial charge >= 0.3 is 0 Å². The van der Waals surface area contributed by atoms with E-state index in [4.69, 9.17) is 4.74 Å². The molecule has 2 aromatic carbocycles. The molecule has 1 aliphatic rings. The van der Waals surface area contributed by atoms with E-state index in [2.05, 4.69) is 38.1 Å². The van der Waals surface area contributed by atoms with Gasteiger partial charge < -0.3 is 4.74 Å². The van der Waals surface area contributed by atoms with Gasteiger partial charge in [0.25, 0.3) is 0 Å². The van der Waals surface area contributed by atoms with Gasteiger partial charge in [0.05, 0.1) is 7.11 Å². The zero-order valence-electron chi connectivity index (χ0n) is 15.8. The molecule has 0 N–H and O–H groups in total. The number of carbonyl (C=O) groups is 1. The van der Waals surface area contributed by atoms with E-state index < -0.39 is 0 Å². The molecule has 1 aliphatic carbocycles. The average molecular weight is 346 g/mol. The highest BCUT2D eigenvalue weighted by atomic mass is 16.5. The van der Waals surface area contributed by atoms with Crippen molar-refractivity contribution in [2.75, 3.05) is 7.11 Å². The van der Waals surface area contributed by atoms with Crippen molar-refractivity contribution in [3.05, 3.63) is 76.4 Å². The molecule has 0 aromatic heterocycles. The lowest BCUT2D eigenvalue weighted by molar-refractivity contribution is -0.113. The first-order chi connectivity index (χ1) is 12.6. The zero-order valence-corrected chi connectivity index (χ0v) is 15.8. The Labute approximate surface area is 156 Å². The van der Waals surface area contributed by atoms with Crippen LogP contribution < -0.4 is 4.74 Å². The zero-order chi connectivity index (χ0) is 18.5. The smallest absolute Gasteiger partial charge is 0.185 e. The van der Waals surface area contributed by atoms with Crippen LogP contribution in [0.1, 0.15) is 42.9 Å². The van der Waals surface area contributed by atoms with Crippen molar-refractivity contribution in [1.29, 1.82) is 0 Å².